The first kappa shape index (κ1) is 22.0. The largest absolute Gasteiger partial charge is 0.496 e. The smallest absolute Gasteiger partial charge is 0.251 e. The fourth-order valence-corrected chi connectivity index (χ4v) is 3.19. The number of amides is 2. The summed E-state index contributed by atoms with van der Waals surface area (Å²) in [6, 6.07) is 15.1. The fraction of sp³-hybridized carbons (Fsp3) is 0.364. The van der Waals surface area contributed by atoms with E-state index in [9.17, 15) is 9.59 Å². The van der Waals surface area contributed by atoms with Crippen molar-refractivity contribution >= 4 is 27.7 Å². The maximum atomic E-state index is 12.1. The molecule has 2 amide bonds. The molecule has 2 aromatic rings. The zero-order chi connectivity index (χ0) is 20.4. The van der Waals surface area contributed by atoms with Gasteiger partial charge in [0.2, 0.25) is 5.91 Å². The molecule has 2 aromatic carbocycles. The lowest BCUT2D eigenvalue weighted by Crippen LogP contribution is -2.30. The van der Waals surface area contributed by atoms with Gasteiger partial charge in [-0.25, -0.2) is 0 Å². The predicted molar refractivity (Wildman–Crippen MR) is 115 cm³/mol. The molecule has 6 heteroatoms. The van der Waals surface area contributed by atoms with Crippen LogP contribution in [0.15, 0.2) is 53.0 Å². The number of rotatable bonds is 10. The van der Waals surface area contributed by atoms with Gasteiger partial charge in [-0.05, 0) is 54.7 Å². The van der Waals surface area contributed by atoms with E-state index in [1.54, 1.807) is 19.2 Å². The highest BCUT2D eigenvalue weighted by atomic mass is 79.9. The number of halogens is 1. The molecule has 2 N–H and O–H groups in total. The van der Waals surface area contributed by atoms with Crippen LogP contribution in [0.1, 0.15) is 35.7 Å². The van der Waals surface area contributed by atoms with Gasteiger partial charge in [0.1, 0.15) is 5.75 Å². The number of benzene rings is 2. The molecule has 1 unspecified atom stereocenters. The molecule has 0 heterocycles. The molecule has 5 nitrogen and oxygen atoms in total. The molecule has 0 radical (unpaired) electrons. The van der Waals surface area contributed by atoms with Gasteiger partial charge in [-0.3, -0.25) is 9.59 Å². The molecule has 0 spiro atoms. The van der Waals surface area contributed by atoms with Crippen molar-refractivity contribution in [2.24, 2.45) is 5.92 Å². The number of para-hydroxylation sites is 1. The van der Waals surface area contributed by atoms with Crippen LogP contribution in [-0.2, 0) is 11.2 Å². The highest BCUT2D eigenvalue weighted by Gasteiger charge is 2.12. The Morgan fingerprint density at radius 2 is 1.71 bits per heavy atom. The standard InChI is InChI=1S/C22H27BrN2O3/c1-16(14-18-6-3-4-7-20(18)28-2)15-21(26)24-12-5-13-25-22(27)17-8-10-19(23)11-9-17/h3-4,6-11,16H,5,12-15H2,1-2H3,(H,24,26)(H,25,27). The Morgan fingerprint density at radius 3 is 2.43 bits per heavy atom. The third-order valence-electron chi connectivity index (χ3n) is 4.36. The van der Waals surface area contributed by atoms with Crippen molar-refractivity contribution < 1.29 is 14.3 Å². The van der Waals surface area contributed by atoms with Gasteiger partial charge in [0.15, 0.2) is 0 Å². The molecule has 150 valence electrons. The number of nitrogens with one attached hydrogen (secondary N) is 2. The third-order valence-corrected chi connectivity index (χ3v) is 4.89. The van der Waals surface area contributed by atoms with Gasteiger partial charge in [-0.15, -0.1) is 0 Å². The fourth-order valence-electron chi connectivity index (χ4n) is 2.93. The van der Waals surface area contributed by atoms with Crippen LogP contribution in [0.25, 0.3) is 0 Å². The molecule has 1 atom stereocenters. The van der Waals surface area contributed by atoms with Crippen molar-refractivity contribution in [2.75, 3.05) is 20.2 Å². The van der Waals surface area contributed by atoms with Crippen LogP contribution < -0.4 is 15.4 Å². The molecular weight excluding hydrogens is 420 g/mol. The monoisotopic (exact) mass is 446 g/mol. The Kier molecular flexibility index (Phi) is 9.01. The molecule has 0 aromatic heterocycles. The van der Waals surface area contributed by atoms with Gasteiger partial charge < -0.3 is 15.4 Å². The van der Waals surface area contributed by atoms with E-state index in [0.29, 0.717) is 31.5 Å². The van der Waals surface area contributed by atoms with Crippen molar-refractivity contribution in [1.29, 1.82) is 0 Å². The lowest BCUT2D eigenvalue weighted by Gasteiger charge is -2.14. The number of hydrogen-bond donors (Lipinski definition) is 2. The van der Waals surface area contributed by atoms with Gasteiger partial charge in [0.25, 0.3) is 5.91 Å². The first-order valence-corrected chi connectivity index (χ1v) is 10.2. The summed E-state index contributed by atoms with van der Waals surface area (Å²) in [4.78, 5) is 24.1. The molecule has 0 fully saturated rings. The molecule has 0 saturated carbocycles. The summed E-state index contributed by atoms with van der Waals surface area (Å²) in [5.74, 6) is 0.996. The Morgan fingerprint density at radius 1 is 1.04 bits per heavy atom. The lowest BCUT2D eigenvalue weighted by atomic mass is 9.97. The molecule has 2 rings (SSSR count). The quantitative estimate of drug-likeness (QED) is 0.542. The molecule has 28 heavy (non-hydrogen) atoms. The number of methoxy groups -OCH3 is 1. The minimum atomic E-state index is -0.107. The van der Waals surface area contributed by atoms with Gasteiger partial charge in [-0.1, -0.05) is 41.1 Å². The van der Waals surface area contributed by atoms with Gasteiger partial charge in [0, 0.05) is 29.5 Å². The molecule has 0 aliphatic carbocycles. The average Bonchev–Trinajstić information content (AvgIpc) is 2.68. The maximum absolute atomic E-state index is 12.1. The topological polar surface area (TPSA) is 67.4 Å². The highest BCUT2D eigenvalue weighted by molar-refractivity contribution is 9.10. The van der Waals surface area contributed by atoms with Crippen molar-refractivity contribution in [2.45, 2.75) is 26.2 Å². The zero-order valence-corrected chi connectivity index (χ0v) is 17.9. The second-order valence-electron chi connectivity index (χ2n) is 6.79. The molecule has 0 saturated heterocycles. The van der Waals surface area contributed by atoms with Crippen LogP contribution in [0.3, 0.4) is 0 Å². The van der Waals surface area contributed by atoms with E-state index in [4.69, 9.17) is 4.74 Å². The maximum Gasteiger partial charge on any atom is 0.251 e. The summed E-state index contributed by atoms with van der Waals surface area (Å²) in [5.41, 5.74) is 1.73. The Labute approximate surface area is 175 Å². The normalized spacial score (nSPS) is 11.5. The lowest BCUT2D eigenvalue weighted by molar-refractivity contribution is -0.121. The van der Waals surface area contributed by atoms with Gasteiger partial charge in [-0.2, -0.15) is 0 Å². The first-order chi connectivity index (χ1) is 13.5. The molecular formula is C22H27BrN2O3. The van der Waals surface area contributed by atoms with E-state index in [-0.39, 0.29) is 17.7 Å². The van der Waals surface area contributed by atoms with Crippen molar-refractivity contribution in [1.82, 2.24) is 10.6 Å². The molecule has 0 aliphatic heterocycles. The zero-order valence-electron chi connectivity index (χ0n) is 16.3. The van der Waals surface area contributed by atoms with Crippen molar-refractivity contribution in [3.05, 3.63) is 64.1 Å². The van der Waals surface area contributed by atoms with Gasteiger partial charge >= 0.3 is 0 Å². The van der Waals surface area contributed by atoms with Crippen LogP contribution >= 0.6 is 15.9 Å². The summed E-state index contributed by atoms with van der Waals surface area (Å²) < 4.78 is 6.30. The Hall–Kier alpha value is -2.34. The summed E-state index contributed by atoms with van der Waals surface area (Å²) in [5, 5.41) is 5.78. The summed E-state index contributed by atoms with van der Waals surface area (Å²) in [7, 11) is 1.66. The number of carbonyl (C=O) groups is 2. The average molecular weight is 447 g/mol. The van der Waals surface area contributed by atoms with Crippen LogP contribution in [-0.4, -0.2) is 32.0 Å². The molecule has 0 bridgehead atoms. The summed E-state index contributed by atoms with van der Waals surface area (Å²) in [6.07, 6.45) is 1.94. The summed E-state index contributed by atoms with van der Waals surface area (Å²) >= 11 is 3.35. The van der Waals surface area contributed by atoms with Crippen LogP contribution in [0.2, 0.25) is 0 Å². The van der Waals surface area contributed by atoms with Crippen LogP contribution in [0.4, 0.5) is 0 Å². The van der Waals surface area contributed by atoms with E-state index < -0.39 is 0 Å². The van der Waals surface area contributed by atoms with Crippen LogP contribution in [0.5, 0.6) is 5.75 Å². The Balaban J connectivity index is 1.63. The van der Waals surface area contributed by atoms with Crippen molar-refractivity contribution in [3.8, 4) is 5.75 Å². The van der Waals surface area contributed by atoms with Crippen LogP contribution in [0, 0.1) is 5.92 Å². The number of carbonyl (C=O) groups excluding carboxylic acids is 2. The SMILES string of the molecule is COc1ccccc1CC(C)CC(=O)NCCCNC(=O)c1ccc(Br)cc1. The van der Waals surface area contributed by atoms with E-state index in [2.05, 4.69) is 33.5 Å². The second-order valence-corrected chi connectivity index (χ2v) is 7.71. The minimum Gasteiger partial charge on any atom is -0.496 e. The first-order valence-electron chi connectivity index (χ1n) is 9.42. The van der Waals surface area contributed by atoms with E-state index in [1.165, 1.54) is 0 Å². The predicted octanol–water partition coefficient (Wildman–Crippen LogP) is 3.96. The highest BCUT2D eigenvalue weighted by Crippen LogP contribution is 2.22. The molecule has 0 aliphatic rings. The van der Waals surface area contributed by atoms with E-state index in [0.717, 1.165) is 22.2 Å². The minimum absolute atomic E-state index is 0.0293. The summed E-state index contributed by atoms with van der Waals surface area (Å²) in [6.45, 7) is 3.12. The third kappa shape index (κ3) is 7.35. The number of hydrogen-bond acceptors (Lipinski definition) is 3. The van der Waals surface area contributed by atoms with Crippen molar-refractivity contribution in [3.63, 3.8) is 0 Å². The van der Waals surface area contributed by atoms with Gasteiger partial charge in [0.05, 0.1) is 7.11 Å². The van der Waals surface area contributed by atoms with E-state index in [1.807, 2.05) is 36.4 Å². The Bertz CT molecular complexity index is 778. The van der Waals surface area contributed by atoms with E-state index >= 15 is 0 Å². The number of ether oxygens (including phenoxy) is 1. The second kappa shape index (κ2) is 11.5.